The van der Waals surface area contributed by atoms with E-state index < -0.39 is 0 Å². The van der Waals surface area contributed by atoms with Crippen molar-refractivity contribution in [3.8, 4) is 22.3 Å². The van der Waals surface area contributed by atoms with Gasteiger partial charge in [-0.2, -0.15) is 0 Å². The first-order valence-electron chi connectivity index (χ1n) is 10.1. The molecule has 0 aliphatic heterocycles. The first-order chi connectivity index (χ1) is 14.6. The molecule has 0 fully saturated rings. The van der Waals surface area contributed by atoms with Gasteiger partial charge in [0.25, 0.3) is 0 Å². The van der Waals surface area contributed by atoms with Crippen molar-refractivity contribution < 1.29 is 4.79 Å². The molecule has 1 atom stereocenters. The minimum absolute atomic E-state index is 0.0206. The average Bonchev–Trinajstić information content (AvgIpc) is 2.80. The van der Waals surface area contributed by atoms with E-state index in [2.05, 4.69) is 40.6 Å². The second kappa shape index (κ2) is 8.75. The molecule has 30 heavy (non-hydrogen) atoms. The average molecular weight is 393 g/mol. The molecular formula is C27H24N2O. The number of rotatable bonds is 5. The van der Waals surface area contributed by atoms with Crippen LogP contribution in [-0.2, 0) is 4.79 Å². The lowest BCUT2D eigenvalue weighted by Gasteiger charge is -2.14. The first kappa shape index (κ1) is 19.6. The first-order valence-corrected chi connectivity index (χ1v) is 10.1. The molecule has 3 heteroatoms. The Morgan fingerprint density at radius 3 is 2.17 bits per heavy atom. The number of aromatic nitrogens is 1. The maximum Gasteiger partial charge on any atom is 0.231 e. The standard InChI is InChI=1S/C27H24N2O/c1-19-17-25(15-16-28-19)22-11-13-26(14-12-22)29-27(30)20(2)23-9-6-10-24(18-23)21-7-4-3-5-8-21/h3-18,20H,1-2H3,(H,29,30)/t20-/m1/s1. The highest BCUT2D eigenvalue weighted by Gasteiger charge is 2.16. The molecule has 1 aromatic heterocycles. The van der Waals surface area contributed by atoms with E-state index in [1.165, 1.54) is 0 Å². The molecule has 1 N–H and O–H groups in total. The van der Waals surface area contributed by atoms with Crippen LogP contribution in [0.15, 0.2) is 97.2 Å². The fraction of sp³-hybridized carbons (Fsp3) is 0.111. The van der Waals surface area contributed by atoms with Gasteiger partial charge in [-0.25, -0.2) is 0 Å². The van der Waals surface area contributed by atoms with Crippen molar-refractivity contribution in [2.24, 2.45) is 0 Å². The monoisotopic (exact) mass is 392 g/mol. The van der Waals surface area contributed by atoms with Gasteiger partial charge in [-0.05, 0) is 65.9 Å². The summed E-state index contributed by atoms with van der Waals surface area (Å²) in [7, 11) is 0. The number of hydrogen-bond donors (Lipinski definition) is 1. The second-order valence-electron chi connectivity index (χ2n) is 7.47. The summed E-state index contributed by atoms with van der Waals surface area (Å²) in [4.78, 5) is 17.1. The Hall–Kier alpha value is -3.72. The van der Waals surface area contributed by atoms with E-state index >= 15 is 0 Å². The number of carbonyl (C=O) groups excluding carboxylic acids is 1. The molecule has 0 saturated heterocycles. The smallest absolute Gasteiger partial charge is 0.231 e. The minimum atomic E-state index is -0.254. The zero-order chi connectivity index (χ0) is 20.9. The number of hydrogen-bond acceptors (Lipinski definition) is 2. The summed E-state index contributed by atoms with van der Waals surface area (Å²) < 4.78 is 0. The third kappa shape index (κ3) is 4.47. The van der Waals surface area contributed by atoms with Gasteiger partial charge in [-0.1, -0.05) is 66.7 Å². The normalized spacial score (nSPS) is 11.7. The van der Waals surface area contributed by atoms with Crippen LogP contribution in [0, 0.1) is 6.92 Å². The summed E-state index contributed by atoms with van der Waals surface area (Å²) in [6.07, 6.45) is 1.81. The minimum Gasteiger partial charge on any atom is -0.326 e. The molecule has 1 amide bonds. The molecule has 4 rings (SSSR count). The van der Waals surface area contributed by atoms with E-state index in [-0.39, 0.29) is 11.8 Å². The number of amides is 1. The van der Waals surface area contributed by atoms with Crippen LogP contribution < -0.4 is 5.32 Å². The maximum absolute atomic E-state index is 12.8. The molecule has 0 saturated carbocycles. The van der Waals surface area contributed by atoms with Gasteiger partial charge in [0, 0.05) is 17.6 Å². The Morgan fingerprint density at radius 1 is 0.767 bits per heavy atom. The van der Waals surface area contributed by atoms with Crippen LogP contribution in [0.25, 0.3) is 22.3 Å². The van der Waals surface area contributed by atoms with Crippen LogP contribution in [0.2, 0.25) is 0 Å². The highest BCUT2D eigenvalue weighted by molar-refractivity contribution is 5.96. The molecule has 0 bridgehead atoms. The fourth-order valence-electron chi connectivity index (χ4n) is 3.49. The highest BCUT2D eigenvalue weighted by atomic mass is 16.1. The molecule has 0 spiro atoms. The fourth-order valence-corrected chi connectivity index (χ4v) is 3.49. The van der Waals surface area contributed by atoms with Crippen molar-refractivity contribution in [1.29, 1.82) is 0 Å². The molecular weight excluding hydrogens is 368 g/mol. The van der Waals surface area contributed by atoms with Crippen LogP contribution in [0.1, 0.15) is 24.1 Å². The number of carbonyl (C=O) groups is 1. The van der Waals surface area contributed by atoms with Crippen molar-refractivity contribution >= 4 is 11.6 Å². The van der Waals surface area contributed by atoms with E-state index in [1.54, 1.807) is 0 Å². The third-order valence-corrected chi connectivity index (χ3v) is 5.27. The lowest BCUT2D eigenvalue weighted by molar-refractivity contribution is -0.117. The molecule has 1 heterocycles. The topological polar surface area (TPSA) is 42.0 Å². The van der Waals surface area contributed by atoms with Crippen molar-refractivity contribution in [3.63, 3.8) is 0 Å². The second-order valence-corrected chi connectivity index (χ2v) is 7.47. The van der Waals surface area contributed by atoms with Crippen LogP contribution in [-0.4, -0.2) is 10.9 Å². The lowest BCUT2D eigenvalue weighted by atomic mass is 9.95. The summed E-state index contributed by atoms with van der Waals surface area (Å²) >= 11 is 0. The van der Waals surface area contributed by atoms with E-state index in [0.29, 0.717) is 0 Å². The van der Waals surface area contributed by atoms with Crippen LogP contribution in [0.3, 0.4) is 0 Å². The maximum atomic E-state index is 12.8. The molecule has 3 nitrogen and oxygen atoms in total. The van der Waals surface area contributed by atoms with Gasteiger partial charge in [-0.3, -0.25) is 9.78 Å². The zero-order valence-electron chi connectivity index (χ0n) is 17.2. The van der Waals surface area contributed by atoms with Crippen molar-refractivity contribution in [2.45, 2.75) is 19.8 Å². The number of nitrogens with one attached hydrogen (secondary N) is 1. The van der Waals surface area contributed by atoms with Crippen molar-refractivity contribution in [1.82, 2.24) is 4.98 Å². The van der Waals surface area contributed by atoms with E-state index in [0.717, 1.165) is 39.2 Å². The van der Waals surface area contributed by atoms with Gasteiger partial charge in [0.05, 0.1) is 5.92 Å². The number of anilines is 1. The molecule has 0 radical (unpaired) electrons. The third-order valence-electron chi connectivity index (χ3n) is 5.27. The number of benzene rings is 3. The van der Waals surface area contributed by atoms with Crippen LogP contribution in [0.4, 0.5) is 5.69 Å². The lowest BCUT2D eigenvalue weighted by Crippen LogP contribution is -2.18. The number of pyridine rings is 1. The summed E-state index contributed by atoms with van der Waals surface area (Å²) in [5.41, 5.74) is 7.25. The Labute approximate surface area is 177 Å². The molecule has 148 valence electrons. The van der Waals surface area contributed by atoms with Gasteiger partial charge in [-0.15, -0.1) is 0 Å². The number of aryl methyl sites for hydroxylation is 1. The van der Waals surface area contributed by atoms with Crippen LogP contribution in [0.5, 0.6) is 0 Å². The highest BCUT2D eigenvalue weighted by Crippen LogP contribution is 2.26. The van der Waals surface area contributed by atoms with Gasteiger partial charge in [0.2, 0.25) is 5.91 Å². The molecule has 3 aromatic carbocycles. The molecule has 4 aromatic rings. The Bertz CT molecular complexity index is 1150. The Morgan fingerprint density at radius 2 is 1.43 bits per heavy atom. The Balaban J connectivity index is 1.47. The van der Waals surface area contributed by atoms with E-state index in [9.17, 15) is 4.79 Å². The zero-order valence-corrected chi connectivity index (χ0v) is 17.2. The van der Waals surface area contributed by atoms with Crippen LogP contribution >= 0.6 is 0 Å². The van der Waals surface area contributed by atoms with Gasteiger partial charge in [0.15, 0.2) is 0 Å². The van der Waals surface area contributed by atoms with E-state index in [4.69, 9.17) is 0 Å². The predicted molar refractivity (Wildman–Crippen MR) is 123 cm³/mol. The van der Waals surface area contributed by atoms with Gasteiger partial charge >= 0.3 is 0 Å². The van der Waals surface area contributed by atoms with Gasteiger partial charge < -0.3 is 5.32 Å². The summed E-state index contributed by atoms with van der Waals surface area (Å²) in [6.45, 7) is 3.92. The SMILES string of the molecule is Cc1cc(-c2ccc(NC(=O)[C@H](C)c3cccc(-c4ccccc4)c3)cc2)ccn1. The Kier molecular flexibility index (Phi) is 5.71. The quantitative estimate of drug-likeness (QED) is 0.423. The summed E-state index contributed by atoms with van der Waals surface area (Å²) in [5.74, 6) is -0.274. The number of nitrogens with zero attached hydrogens (tertiary/aromatic N) is 1. The van der Waals surface area contributed by atoms with Crippen molar-refractivity contribution in [2.75, 3.05) is 5.32 Å². The summed E-state index contributed by atoms with van der Waals surface area (Å²) in [6, 6.07) is 30.3. The summed E-state index contributed by atoms with van der Waals surface area (Å²) in [5, 5.41) is 3.04. The van der Waals surface area contributed by atoms with Gasteiger partial charge in [0.1, 0.15) is 0 Å². The molecule has 0 unspecified atom stereocenters. The molecule has 0 aliphatic carbocycles. The predicted octanol–water partition coefficient (Wildman–Crippen LogP) is 6.47. The molecule has 0 aliphatic rings. The largest absolute Gasteiger partial charge is 0.326 e. The van der Waals surface area contributed by atoms with Crippen molar-refractivity contribution in [3.05, 3.63) is 108 Å². The van der Waals surface area contributed by atoms with E-state index in [1.807, 2.05) is 80.7 Å².